The number of nitrogens with zero attached hydrogens (tertiary/aromatic N) is 4. The van der Waals surface area contributed by atoms with E-state index in [2.05, 4.69) is 30.3 Å². The van der Waals surface area contributed by atoms with Gasteiger partial charge in [0.25, 0.3) is 0 Å². The normalized spacial score (nSPS) is 9.61. The highest BCUT2D eigenvalue weighted by Crippen LogP contribution is 2.13. The Balaban J connectivity index is 0.000000194. The first-order chi connectivity index (χ1) is 13.1. The van der Waals surface area contributed by atoms with E-state index in [-0.39, 0.29) is 24.0 Å². The van der Waals surface area contributed by atoms with E-state index < -0.39 is 0 Å². The fraction of sp³-hybridized carbons (Fsp3) is 0.0435. The molecule has 0 aliphatic carbocycles. The molecule has 0 N–H and O–H groups in total. The zero-order valence-electron chi connectivity index (χ0n) is 15.8. The van der Waals surface area contributed by atoms with Crippen LogP contribution in [0.2, 0.25) is 0 Å². The van der Waals surface area contributed by atoms with Crippen LogP contribution in [0.4, 0.5) is 0 Å². The smallest absolute Gasteiger partial charge is 0.248 e. The zero-order valence-corrected chi connectivity index (χ0v) is 18.0. The van der Waals surface area contributed by atoms with Crippen LogP contribution >= 0.6 is 0 Å². The van der Waals surface area contributed by atoms with Gasteiger partial charge in [0.05, 0.1) is 13.4 Å². The summed E-state index contributed by atoms with van der Waals surface area (Å²) in [6.07, 6.45) is 11.4. The van der Waals surface area contributed by atoms with Crippen molar-refractivity contribution in [1.29, 1.82) is 0 Å². The third-order valence-electron chi connectivity index (χ3n) is 4.11. The number of halogens is 1. The number of benzene rings is 2. The second kappa shape index (κ2) is 10.4. The molecule has 0 aliphatic rings. The first-order valence-corrected chi connectivity index (χ1v) is 8.66. The summed E-state index contributed by atoms with van der Waals surface area (Å²) in [6.45, 7) is 8.05. The molecule has 0 bridgehead atoms. The molecule has 0 aliphatic heterocycles. The van der Waals surface area contributed by atoms with E-state index in [1.807, 2.05) is 94.2 Å². The summed E-state index contributed by atoms with van der Waals surface area (Å²) in [4.78, 5) is 3.97. The first kappa shape index (κ1) is 21.4. The lowest BCUT2D eigenvalue weighted by molar-refractivity contribution is -0.670. The minimum Gasteiger partial charge on any atom is -1.00 e. The molecule has 0 amide bonds. The summed E-state index contributed by atoms with van der Waals surface area (Å²) < 4.78 is 5.90. The van der Waals surface area contributed by atoms with Crippen LogP contribution in [0, 0.1) is 0 Å². The van der Waals surface area contributed by atoms with E-state index >= 15 is 0 Å². The van der Waals surface area contributed by atoms with Crippen molar-refractivity contribution in [3.63, 3.8) is 0 Å². The van der Waals surface area contributed by atoms with Crippen LogP contribution < -0.4 is 28.5 Å². The maximum atomic E-state index is 4.06. The van der Waals surface area contributed by atoms with Crippen molar-refractivity contribution in [2.75, 3.05) is 0 Å². The fourth-order valence-electron chi connectivity index (χ4n) is 2.59. The highest BCUT2D eigenvalue weighted by atomic mass is 127. The molecule has 4 rings (SSSR count). The average molecular weight is 482 g/mol. The lowest BCUT2D eigenvalue weighted by Gasteiger charge is -2.05. The first-order valence-electron chi connectivity index (χ1n) is 8.66. The Bertz CT molecular complexity index is 1000. The van der Waals surface area contributed by atoms with Gasteiger partial charge >= 0.3 is 0 Å². The number of rotatable bonds is 4. The van der Waals surface area contributed by atoms with Gasteiger partial charge in [-0.15, -0.1) is 0 Å². The van der Waals surface area contributed by atoms with E-state index in [0.29, 0.717) is 0 Å². The van der Waals surface area contributed by atoms with Crippen LogP contribution in [0.5, 0.6) is 0 Å². The van der Waals surface area contributed by atoms with Gasteiger partial charge in [0.1, 0.15) is 18.1 Å². The van der Waals surface area contributed by atoms with Gasteiger partial charge in [-0.2, -0.15) is 0 Å². The van der Waals surface area contributed by atoms with E-state index in [4.69, 9.17) is 0 Å². The molecular formula is C23H23IN4. The van der Waals surface area contributed by atoms with Crippen LogP contribution in [0.1, 0.15) is 11.1 Å². The van der Waals surface area contributed by atoms with Gasteiger partial charge in [-0.1, -0.05) is 73.8 Å². The maximum Gasteiger partial charge on any atom is 0.248 e. The van der Waals surface area contributed by atoms with Crippen molar-refractivity contribution in [1.82, 2.24) is 14.1 Å². The van der Waals surface area contributed by atoms with E-state index in [9.17, 15) is 0 Å². The van der Waals surface area contributed by atoms with Gasteiger partial charge < -0.3 is 28.5 Å². The Morgan fingerprint density at radius 2 is 1.36 bits per heavy atom. The highest BCUT2D eigenvalue weighted by Gasteiger charge is 2.06. The Morgan fingerprint density at radius 1 is 0.821 bits per heavy atom. The molecule has 142 valence electrons. The van der Waals surface area contributed by atoms with Crippen LogP contribution in [-0.4, -0.2) is 14.1 Å². The summed E-state index contributed by atoms with van der Waals surface area (Å²) in [5, 5.41) is 0. The zero-order chi connectivity index (χ0) is 19.1. The van der Waals surface area contributed by atoms with Crippen molar-refractivity contribution in [3.05, 3.63) is 122 Å². The molecule has 0 radical (unpaired) electrons. The number of aromatic nitrogens is 4. The number of hydrogen-bond acceptors (Lipinski definition) is 1. The minimum absolute atomic E-state index is 0. The molecule has 0 atom stereocenters. The van der Waals surface area contributed by atoms with Crippen molar-refractivity contribution in [3.8, 4) is 0 Å². The summed E-state index contributed by atoms with van der Waals surface area (Å²) in [7, 11) is 1.99. The molecule has 0 saturated carbocycles. The summed E-state index contributed by atoms with van der Waals surface area (Å²) in [5.41, 5.74) is 4.19. The van der Waals surface area contributed by atoms with Crippen LogP contribution in [0.25, 0.3) is 11.4 Å². The number of hydrogen-bond donors (Lipinski definition) is 0. The average Bonchev–Trinajstić information content (AvgIpc) is 3.41. The van der Waals surface area contributed by atoms with Gasteiger partial charge in [-0.05, 0) is 5.56 Å². The van der Waals surface area contributed by atoms with Crippen molar-refractivity contribution >= 4 is 11.4 Å². The predicted octanol–water partition coefficient (Wildman–Crippen LogP) is 1.24. The van der Waals surface area contributed by atoms with Crippen LogP contribution in [-0.2, 0) is 7.05 Å². The third-order valence-corrected chi connectivity index (χ3v) is 4.11. The molecule has 5 heteroatoms. The molecule has 2 heterocycles. The molecule has 4 aromatic rings. The predicted molar refractivity (Wildman–Crippen MR) is 110 cm³/mol. The van der Waals surface area contributed by atoms with E-state index in [1.165, 1.54) is 0 Å². The third kappa shape index (κ3) is 5.53. The van der Waals surface area contributed by atoms with E-state index in [1.54, 1.807) is 12.5 Å². The summed E-state index contributed by atoms with van der Waals surface area (Å²) in [6, 6.07) is 20.2. The van der Waals surface area contributed by atoms with Crippen molar-refractivity contribution < 1.29 is 28.5 Å². The molecule has 0 unspecified atom stereocenters. The topological polar surface area (TPSA) is 26.6 Å². The Hall–Kier alpha value is -2.93. The van der Waals surface area contributed by atoms with Gasteiger partial charge in [0, 0.05) is 23.7 Å². The minimum atomic E-state index is 0. The molecule has 2 aromatic heterocycles. The molecule has 28 heavy (non-hydrogen) atoms. The Labute approximate surface area is 183 Å². The molecule has 0 saturated heterocycles. The second-order valence-corrected chi connectivity index (χ2v) is 6.08. The van der Waals surface area contributed by atoms with Gasteiger partial charge in [0.2, 0.25) is 6.33 Å². The lowest BCUT2D eigenvalue weighted by atomic mass is 10.2. The van der Waals surface area contributed by atoms with Crippen LogP contribution in [0.15, 0.2) is 111 Å². The van der Waals surface area contributed by atoms with Crippen LogP contribution in [0.3, 0.4) is 0 Å². The molecular weight excluding hydrogens is 459 g/mol. The molecule has 0 fully saturated rings. The van der Waals surface area contributed by atoms with Gasteiger partial charge in [-0.3, -0.25) is 0 Å². The standard InChI is InChI=1S/C12H13N2.C11H10N2.HI/c1-11(12-6-4-3-5-7-12)14-9-8-13(2)10-14;1-10(13-8-7-12-9-13)11-5-3-2-4-6-11;/h3-10H,1H2,2H3;2-9H,1H2;1H/q+1;;/p-1. The van der Waals surface area contributed by atoms with Gasteiger partial charge in [0.15, 0.2) is 0 Å². The highest BCUT2D eigenvalue weighted by molar-refractivity contribution is 5.63. The molecule has 4 nitrogen and oxygen atoms in total. The fourth-order valence-corrected chi connectivity index (χ4v) is 2.59. The SMILES string of the molecule is C=C(c1ccccc1)n1cc[n+](C)c1.C=C(c1ccccc1)n1ccnc1.[I-]. The quantitative estimate of drug-likeness (QED) is 0.318. The second-order valence-electron chi connectivity index (χ2n) is 6.08. The van der Waals surface area contributed by atoms with E-state index in [0.717, 1.165) is 22.5 Å². The Kier molecular flexibility index (Phi) is 7.95. The summed E-state index contributed by atoms with van der Waals surface area (Å²) >= 11 is 0. The van der Waals surface area contributed by atoms with Gasteiger partial charge in [-0.25, -0.2) is 14.1 Å². The Morgan fingerprint density at radius 3 is 1.79 bits per heavy atom. The van der Waals surface area contributed by atoms with Crippen molar-refractivity contribution in [2.24, 2.45) is 7.05 Å². The summed E-state index contributed by atoms with van der Waals surface area (Å²) in [5.74, 6) is 0. The monoisotopic (exact) mass is 482 g/mol. The van der Waals surface area contributed by atoms with Crippen molar-refractivity contribution in [2.45, 2.75) is 0 Å². The molecule has 2 aromatic carbocycles. The number of aryl methyl sites for hydroxylation is 1. The number of imidazole rings is 2. The largest absolute Gasteiger partial charge is 1.00 e. The maximum absolute atomic E-state index is 4.06. The lowest BCUT2D eigenvalue weighted by Crippen LogP contribution is -3.00. The molecule has 0 spiro atoms.